The Balaban J connectivity index is 1.26. The van der Waals surface area contributed by atoms with Crippen LogP contribution in [0.4, 0.5) is 0 Å². The summed E-state index contributed by atoms with van der Waals surface area (Å²) in [7, 11) is 0. The zero-order valence-corrected chi connectivity index (χ0v) is 18.1. The summed E-state index contributed by atoms with van der Waals surface area (Å²) in [4.78, 5) is 41.3. The molecule has 2 saturated heterocycles. The van der Waals surface area contributed by atoms with Gasteiger partial charge in [-0.3, -0.25) is 14.4 Å². The summed E-state index contributed by atoms with van der Waals surface area (Å²) in [5, 5.41) is 3.55. The molecule has 1 unspecified atom stereocenters. The Morgan fingerprint density at radius 1 is 1.00 bits per heavy atom. The number of rotatable bonds is 5. The molecule has 1 N–H and O–H groups in total. The molecule has 0 spiro atoms. The molecule has 0 saturated carbocycles. The minimum absolute atomic E-state index is 0.0149. The van der Waals surface area contributed by atoms with E-state index in [0.717, 1.165) is 5.56 Å². The van der Waals surface area contributed by atoms with E-state index in [1.165, 1.54) is 0 Å². The van der Waals surface area contributed by atoms with Gasteiger partial charge < -0.3 is 15.1 Å². The number of carbonyl (C=O) groups excluding carboxylic acids is 3. The van der Waals surface area contributed by atoms with Crippen molar-refractivity contribution in [3.05, 3.63) is 70.7 Å². The molecule has 0 bridgehead atoms. The van der Waals surface area contributed by atoms with Crippen LogP contribution in [0, 0.1) is 5.92 Å². The number of halogens is 1. The Kier molecular flexibility index (Phi) is 6.56. The predicted octanol–water partition coefficient (Wildman–Crippen LogP) is 3.11. The average molecular weight is 440 g/mol. The summed E-state index contributed by atoms with van der Waals surface area (Å²) in [6, 6.07) is 16.9. The van der Waals surface area contributed by atoms with Gasteiger partial charge in [0.1, 0.15) is 0 Å². The van der Waals surface area contributed by atoms with Crippen LogP contribution in [0.5, 0.6) is 0 Å². The van der Waals surface area contributed by atoms with Crippen molar-refractivity contribution in [2.75, 3.05) is 19.6 Å². The van der Waals surface area contributed by atoms with Gasteiger partial charge in [-0.15, -0.1) is 0 Å². The molecule has 2 fully saturated rings. The SMILES string of the molecule is O=C(NC1CCN(C(=O)c2ccccc2Cl)CC1)C1CC(=O)N(Cc2ccccc2)C1. The second kappa shape index (κ2) is 9.52. The first kappa shape index (κ1) is 21.4. The summed E-state index contributed by atoms with van der Waals surface area (Å²) in [5.41, 5.74) is 1.57. The van der Waals surface area contributed by atoms with Gasteiger partial charge in [0, 0.05) is 38.6 Å². The van der Waals surface area contributed by atoms with E-state index in [2.05, 4.69) is 5.32 Å². The van der Waals surface area contributed by atoms with E-state index in [1.807, 2.05) is 30.3 Å². The first-order valence-corrected chi connectivity index (χ1v) is 11.0. The summed E-state index contributed by atoms with van der Waals surface area (Å²) in [6.45, 7) is 2.12. The maximum Gasteiger partial charge on any atom is 0.255 e. The number of hydrogen-bond acceptors (Lipinski definition) is 3. The van der Waals surface area contributed by atoms with Crippen LogP contribution in [0.3, 0.4) is 0 Å². The van der Waals surface area contributed by atoms with E-state index in [9.17, 15) is 14.4 Å². The molecule has 1 atom stereocenters. The lowest BCUT2D eigenvalue weighted by molar-refractivity contribution is -0.129. The molecule has 2 aromatic carbocycles. The maximum atomic E-state index is 12.8. The Morgan fingerprint density at radius 2 is 1.68 bits per heavy atom. The standard InChI is InChI=1S/C24H26ClN3O3/c25-21-9-5-4-8-20(21)24(31)27-12-10-19(11-13-27)26-23(30)18-14-22(29)28(16-18)15-17-6-2-1-3-7-17/h1-9,18-19H,10-16H2,(H,26,30). The van der Waals surface area contributed by atoms with Crippen molar-refractivity contribution in [2.24, 2.45) is 5.92 Å². The lowest BCUT2D eigenvalue weighted by atomic mass is 10.0. The van der Waals surface area contributed by atoms with Gasteiger partial charge in [-0.25, -0.2) is 0 Å². The van der Waals surface area contributed by atoms with Gasteiger partial charge in [-0.05, 0) is 30.5 Å². The van der Waals surface area contributed by atoms with Crippen molar-refractivity contribution in [1.82, 2.24) is 15.1 Å². The van der Waals surface area contributed by atoms with Crippen LogP contribution < -0.4 is 5.32 Å². The lowest BCUT2D eigenvalue weighted by Crippen LogP contribution is -2.48. The Hall–Kier alpha value is -2.86. The summed E-state index contributed by atoms with van der Waals surface area (Å²) >= 11 is 6.15. The van der Waals surface area contributed by atoms with Gasteiger partial charge in [0.25, 0.3) is 5.91 Å². The van der Waals surface area contributed by atoms with Gasteiger partial charge in [0.05, 0.1) is 16.5 Å². The Bertz CT molecular complexity index is 958. The quantitative estimate of drug-likeness (QED) is 0.778. The van der Waals surface area contributed by atoms with Crippen molar-refractivity contribution in [3.63, 3.8) is 0 Å². The smallest absolute Gasteiger partial charge is 0.255 e. The molecule has 2 aliphatic heterocycles. The molecular weight excluding hydrogens is 414 g/mol. The number of benzene rings is 2. The minimum atomic E-state index is -0.320. The predicted molar refractivity (Wildman–Crippen MR) is 118 cm³/mol. The fourth-order valence-corrected chi connectivity index (χ4v) is 4.47. The van der Waals surface area contributed by atoms with Crippen LogP contribution in [0.25, 0.3) is 0 Å². The normalized spacial score (nSPS) is 19.5. The number of carbonyl (C=O) groups is 3. The molecule has 31 heavy (non-hydrogen) atoms. The number of piperidine rings is 1. The molecule has 3 amide bonds. The van der Waals surface area contributed by atoms with Crippen molar-refractivity contribution in [3.8, 4) is 0 Å². The topological polar surface area (TPSA) is 69.7 Å². The summed E-state index contributed by atoms with van der Waals surface area (Å²) in [5.74, 6) is -0.448. The first-order chi connectivity index (χ1) is 15.0. The van der Waals surface area contributed by atoms with Gasteiger partial charge in [-0.2, -0.15) is 0 Å². The number of hydrogen-bond donors (Lipinski definition) is 1. The molecule has 2 heterocycles. The first-order valence-electron chi connectivity index (χ1n) is 10.7. The monoisotopic (exact) mass is 439 g/mol. The fourth-order valence-electron chi connectivity index (χ4n) is 4.26. The van der Waals surface area contributed by atoms with Crippen LogP contribution in [0.1, 0.15) is 35.2 Å². The molecule has 0 aromatic heterocycles. The number of likely N-dealkylation sites (tertiary alicyclic amines) is 2. The second-order valence-corrected chi connectivity index (χ2v) is 8.62. The molecule has 2 aromatic rings. The van der Waals surface area contributed by atoms with E-state index >= 15 is 0 Å². The van der Waals surface area contributed by atoms with Crippen LogP contribution in [-0.4, -0.2) is 53.2 Å². The molecule has 2 aliphatic rings. The van der Waals surface area contributed by atoms with Gasteiger partial charge in [-0.1, -0.05) is 54.1 Å². The third-order valence-corrected chi connectivity index (χ3v) is 6.36. The highest BCUT2D eigenvalue weighted by Gasteiger charge is 2.35. The largest absolute Gasteiger partial charge is 0.353 e. The molecule has 6 nitrogen and oxygen atoms in total. The van der Waals surface area contributed by atoms with Gasteiger partial charge in [0.2, 0.25) is 11.8 Å². The van der Waals surface area contributed by atoms with E-state index in [-0.39, 0.29) is 36.1 Å². The third kappa shape index (κ3) is 5.07. The lowest BCUT2D eigenvalue weighted by Gasteiger charge is -2.33. The zero-order valence-electron chi connectivity index (χ0n) is 17.3. The summed E-state index contributed by atoms with van der Waals surface area (Å²) in [6.07, 6.45) is 1.63. The number of nitrogens with one attached hydrogen (secondary N) is 1. The number of amides is 3. The van der Waals surface area contributed by atoms with Crippen LogP contribution >= 0.6 is 11.6 Å². The van der Waals surface area contributed by atoms with E-state index in [4.69, 9.17) is 11.6 Å². The molecule has 0 radical (unpaired) electrons. The van der Waals surface area contributed by atoms with Crippen LogP contribution in [0.15, 0.2) is 54.6 Å². The third-order valence-electron chi connectivity index (χ3n) is 6.03. The second-order valence-electron chi connectivity index (χ2n) is 8.22. The van der Waals surface area contributed by atoms with Crippen molar-refractivity contribution >= 4 is 29.3 Å². The summed E-state index contributed by atoms with van der Waals surface area (Å²) < 4.78 is 0. The van der Waals surface area contributed by atoms with E-state index < -0.39 is 0 Å². The van der Waals surface area contributed by atoms with Crippen molar-refractivity contribution in [2.45, 2.75) is 31.8 Å². The minimum Gasteiger partial charge on any atom is -0.353 e. The van der Waals surface area contributed by atoms with Gasteiger partial charge >= 0.3 is 0 Å². The van der Waals surface area contributed by atoms with Crippen molar-refractivity contribution < 1.29 is 14.4 Å². The van der Waals surface area contributed by atoms with E-state index in [0.29, 0.717) is 49.6 Å². The van der Waals surface area contributed by atoms with Crippen molar-refractivity contribution in [1.29, 1.82) is 0 Å². The molecule has 4 rings (SSSR count). The molecular formula is C24H26ClN3O3. The zero-order chi connectivity index (χ0) is 21.8. The fraction of sp³-hybridized carbons (Fsp3) is 0.375. The number of nitrogens with zero attached hydrogens (tertiary/aromatic N) is 2. The maximum absolute atomic E-state index is 12.8. The Morgan fingerprint density at radius 3 is 2.39 bits per heavy atom. The average Bonchev–Trinajstić information content (AvgIpc) is 3.15. The molecule has 7 heteroatoms. The molecule has 162 valence electrons. The highest BCUT2D eigenvalue weighted by atomic mass is 35.5. The van der Waals surface area contributed by atoms with Gasteiger partial charge in [0.15, 0.2) is 0 Å². The highest BCUT2D eigenvalue weighted by Crippen LogP contribution is 2.23. The van der Waals surface area contributed by atoms with Crippen LogP contribution in [0.2, 0.25) is 5.02 Å². The molecule has 0 aliphatic carbocycles. The Labute approximate surface area is 187 Å². The van der Waals surface area contributed by atoms with Crippen LogP contribution in [-0.2, 0) is 16.1 Å². The highest BCUT2D eigenvalue weighted by molar-refractivity contribution is 6.33. The van der Waals surface area contributed by atoms with E-state index in [1.54, 1.807) is 34.1 Å².